The number of aliphatic hydroxyl groups is 1. The Morgan fingerprint density at radius 1 is 1.09 bits per heavy atom. The summed E-state index contributed by atoms with van der Waals surface area (Å²) in [5.74, 6) is 1.34. The van der Waals surface area contributed by atoms with Gasteiger partial charge in [-0.25, -0.2) is 9.78 Å². The predicted octanol–water partition coefficient (Wildman–Crippen LogP) is 7.05. The number of methoxy groups -OCH3 is 1. The number of benzene rings is 1. The average molecular weight is 795 g/mol. The fraction of sp³-hybridized carbons (Fsp3) is 0.543. The number of nitrogens with zero attached hydrogens (tertiary/aromatic N) is 2. The summed E-state index contributed by atoms with van der Waals surface area (Å²) in [5, 5.41) is 16.5. The van der Waals surface area contributed by atoms with Crippen LogP contribution in [0.4, 0.5) is 5.95 Å². The van der Waals surface area contributed by atoms with E-state index in [0.717, 1.165) is 46.4 Å². The third-order valence-corrected chi connectivity index (χ3v) is 13.0. The summed E-state index contributed by atoms with van der Waals surface area (Å²) in [6.45, 7) is 17.6. The summed E-state index contributed by atoms with van der Waals surface area (Å²) < 4.78 is 36.2. The number of hydrogen-bond donors (Lipinski definition) is 3. The van der Waals surface area contributed by atoms with Crippen molar-refractivity contribution in [3.05, 3.63) is 75.7 Å². The molecule has 5 heterocycles. The lowest BCUT2D eigenvalue weighted by molar-refractivity contribution is -0.181. The van der Waals surface area contributed by atoms with E-state index in [0.29, 0.717) is 61.3 Å². The number of Topliss-reactive ketones (excluding diaryl/α,β-unsaturated/α-hetero) is 1. The monoisotopic (exact) mass is 794 g/mol. The summed E-state index contributed by atoms with van der Waals surface area (Å²) in [6, 6.07) is -0.386. The number of aliphatic hydroxyl groups excluding tert-OH is 1. The maximum atomic E-state index is 15.4. The lowest BCUT2D eigenvalue weighted by Crippen LogP contribution is -2.75. The molecule has 4 bridgehead atoms. The molecule has 1 aromatic carbocycles. The number of fused-ring (bicyclic) bond motifs is 4. The fourth-order valence-electron chi connectivity index (χ4n) is 10.4. The number of rotatable bonds is 14. The number of allylic oxidation sites excluding steroid dienone is 4. The first-order chi connectivity index (χ1) is 27.6. The Labute approximate surface area is 341 Å². The maximum absolute atomic E-state index is 15.4. The molecule has 0 amide bonds. The molecule has 58 heavy (non-hydrogen) atoms. The van der Waals surface area contributed by atoms with Gasteiger partial charge >= 0.3 is 5.97 Å². The summed E-state index contributed by atoms with van der Waals surface area (Å²) in [5.41, 5.74) is 2.82. The maximum Gasteiger partial charge on any atom is 0.333 e. The smallest absolute Gasteiger partial charge is 0.333 e. The van der Waals surface area contributed by atoms with Gasteiger partial charge in [0.2, 0.25) is 5.95 Å². The molecule has 2 aromatic rings. The van der Waals surface area contributed by atoms with E-state index < -0.39 is 34.3 Å². The number of ketones is 1. The summed E-state index contributed by atoms with van der Waals surface area (Å²) in [4.78, 5) is 33.0. The molecule has 1 spiro atoms. The number of nitrogens with one attached hydrogen (secondary N) is 2. The van der Waals surface area contributed by atoms with E-state index >= 15 is 4.79 Å². The van der Waals surface area contributed by atoms with E-state index in [1.54, 1.807) is 19.2 Å². The minimum Gasteiger partial charge on any atom is -0.491 e. The van der Waals surface area contributed by atoms with Crippen molar-refractivity contribution < 1.29 is 38.4 Å². The zero-order valence-corrected chi connectivity index (χ0v) is 35.3. The SMILES string of the molecule is COC(=O)/C(C)=C\CC12OC(C)(C)C3CC(C1=O)C1C4=C(Nc5nccn51)c1c(OCCNCCO)c5c(c(CC=C(C)C)c1OC432)OC(C)(CCC=C(C)C)C=C5. The Kier molecular flexibility index (Phi) is 10.1. The Hall–Kier alpha value is -4.65. The number of ether oxygens (including phenoxy) is 5. The number of carbonyl (C=O) groups excluding carboxylic acids is 2. The van der Waals surface area contributed by atoms with Gasteiger partial charge in [-0.15, -0.1) is 0 Å². The van der Waals surface area contributed by atoms with E-state index in [1.165, 1.54) is 12.7 Å². The predicted molar refractivity (Wildman–Crippen MR) is 222 cm³/mol. The lowest BCUT2D eigenvalue weighted by Gasteiger charge is -2.62. The highest BCUT2D eigenvalue weighted by Gasteiger charge is 2.84. The van der Waals surface area contributed by atoms with Crippen LogP contribution in [0.25, 0.3) is 11.8 Å². The zero-order chi connectivity index (χ0) is 41.4. The van der Waals surface area contributed by atoms with E-state index in [-0.39, 0.29) is 30.8 Å². The number of hydrogen-bond acceptors (Lipinski definition) is 11. The number of aromatic nitrogens is 2. The second kappa shape index (κ2) is 14.6. The Morgan fingerprint density at radius 2 is 1.86 bits per heavy atom. The van der Waals surface area contributed by atoms with Crippen LogP contribution in [-0.2, 0) is 25.5 Å². The van der Waals surface area contributed by atoms with E-state index in [2.05, 4.69) is 88.0 Å². The van der Waals surface area contributed by atoms with Crippen LogP contribution in [0.5, 0.6) is 17.2 Å². The summed E-state index contributed by atoms with van der Waals surface area (Å²) in [7, 11) is 1.36. The van der Waals surface area contributed by atoms with Gasteiger partial charge in [-0.1, -0.05) is 29.4 Å². The molecule has 4 aliphatic heterocycles. The molecule has 6 unspecified atom stereocenters. The van der Waals surface area contributed by atoms with Crippen molar-refractivity contribution in [1.82, 2.24) is 14.9 Å². The highest BCUT2D eigenvalue weighted by Crippen LogP contribution is 2.74. The van der Waals surface area contributed by atoms with Crippen LogP contribution in [0.15, 0.2) is 59.0 Å². The quantitative estimate of drug-likeness (QED) is 0.0784. The summed E-state index contributed by atoms with van der Waals surface area (Å²) in [6.07, 6.45) is 16.9. The summed E-state index contributed by atoms with van der Waals surface area (Å²) >= 11 is 0. The lowest BCUT2D eigenvalue weighted by atomic mass is 9.47. The van der Waals surface area contributed by atoms with Crippen LogP contribution in [-0.4, -0.2) is 82.2 Å². The highest BCUT2D eigenvalue weighted by atomic mass is 16.6. The molecule has 6 atom stereocenters. The standard InChI is InChI=1S/C46H58N4O8/c1-26(2)11-10-16-44(8)17-15-30-37(56-44)29(13-12-27(3)4)39-33(38(30)55-24-21-47-20-23-51)35-34-36(50-22-19-48-42(50)49-35)31-25-32-43(6,7)58-45(40(31)52,46(32,34)57-39)18-14-28(5)41(53)54-9/h11-12,14-15,17,19,22,31-32,36,47,51H,10,13,16,18,20-21,23-25H2,1-9H3,(H,48,49)/b28-14-. The van der Waals surface area contributed by atoms with Crippen molar-refractivity contribution in [2.24, 2.45) is 11.8 Å². The third kappa shape index (κ3) is 6.00. The molecule has 1 aromatic heterocycles. The van der Waals surface area contributed by atoms with Gasteiger partial charge in [0.25, 0.3) is 0 Å². The van der Waals surface area contributed by atoms with Crippen LogP contribution in [0, 0.1) is 11.8 Å². The number of anilines is 1. The van der Waals surface area contributed by atoms with Gasteiger partial charge in [0, 0.05) is 60.4 Å². The van der Waals surface area contributed by atoms with Crippen LogP contribution < -0.4 is 24.8 Å². The van der Waals surface area contributed by atoms with Gasteiger partial charge in [-0.05, 0) is 93.2 Å². The molecule has 4 fully saturated rings. The van der Waals surface area contributed by atoms with Crippen molar-refractivity contribution in [2.45, 2.75) is 116 Å². The normalized spacial score (nSPS) is 29.0. The Bertz CT molecular complexity index is 2200. The topological polar surface area (TPSA) is 142 Å². The molecule has 0 radical (unpaired) electrons. The van der Waals surface area contributed by atoms with Gasteiger partial charge in [-0.2, -0.15) is 0 Å². The van der Waals surface area contributed by atoms with Crippen molar-refractivity contribution in [3.8, 4) is 17.2 Å². The van der Waals surface area contributed by atoms with Gasteiger partial charge in [-0.3, -0.25) is 4.79 Å². The Morgan fingerprint density at radius 3 is 2.59 bits per heavy atom. The zero-order valence-electron chi connectivity index (χ0n) is 35.3. The molecule has 3 saturated carbocycles. The Balaban J connectivity index is 1.42. The molecule has 310 valence electrons. The first-order valence-electron chi connectivity index (χ1n) is 20.7. The van der Waals surface area contributed by atoms with Crippen molar-refractivity contribution in [3.63, 3.8) is 0 Å². The molecule has 12 nitrogen and oxygen atoms in total. The molecule has 3 aliphatic carbocycles. The van der Waals surface area contributed by atoms with Crippen molar-refractivity contribution >= 4 is 29.5 Å². The second-order valence-corrected chi connectivity index (χ2v) is 17.9. The number of carbonyl (C=O) groups is 2. The van der Waals surface area contributed by atoms with E-state index in [9.17, 15) is 9.90 Å². The van der Waals surface area contributed by atoms with Gasteiger partial charge in [0.1, 0.15) is 29.5 Å². The van der Waals surface area contributed by atoms with Crippen LogP contribution in [0.3, 0.4) is 0 Å². The van der Waals surface area contributed by atoms with Gasteiger partial charge < -0.3 is 44.0 Å². The van der Waals surface area contributed by atoms with Crippen molar-refractivity contribution in [2.75, 3.05) is 38.7 Å². The van der Waals surface area contributed by atoms with Crippen LogP contribution >= 0.6 is 0 Å². The first-order valence-corrected chi connectivity index (χ1v) is 20.7. The minimum atomic E-state index is -1.47. The number of esters is 1. The van der Waals surface area contributed by atoms with E-state index in [1.807, 2.05) is 6.20 Å². The average Bonchev–Trinajstić information content (AvgIpc) is 3.70. The van der Waals surface area contributed by atoms with Gasteiger partial charge in [0.15, 0.2) is 17.0 Å². The second-order valence-electron chi connectivity index (χ2n) is 17.9. The fourth-order valence-corrected chi connectivity index (χ4v) is 10.4. The molecule has 3 N–H and O–H groups in total. The van der Waals surface area contributed by atoms with Gasteiger partial charge in [0.05, 0.1) is 42.2 Å². The molecule has 9 rings (SSSR count). The van der Waals surface area contributed by atoms with Crippen LogP contribution in [0.1, 0.15) is 104 Å². The highest BCUT2D eigenvalue weighted by molar-refractivity contribution is 6.02. The third-order valence-electron chi connectivity index (χ3n) is 13.0. The van der Waals surface area contributed by atoms with Crippen molar-refractivity contribution in [1.29, 1.82) is 0 Å². The first kappa shape index (κ1) is 40.1. The minimum absolute atomic E-state index is 0.0193. The molecular formula is C46H58N4O8. The van der Waals surface area contributed by atoms with E-state index in [4.69, 9.17) is 28.7 Å². The molecule has 12 heteroatoms. The largest absolute Gasteiger partial charge is 0.491 e. The molecule has 1 saturated heterocycles. The number of imidazole rings is 1. The molecule has 7 aliphatic rings. The molecular weight excluding hydrogens is 737 g/mol. The van der Waals surface area contributed by atoms with Crippen LogP contribution in [0.2, 0.25) is 0 Å².